The van der Waals surface area contributed by atoms with Crippen LogP contribution in [0, 0.1) is 13.8 Å². The number of anilines is 1. The molecule has 1 amide bonds. The number of carbonyl (C=O) groups excluding carboxylic acids is 2. The number of benzene rings is 1. The van der Waals surface area contributed by atoms with Gasteiger partial charge in [-0.1, -0.05) is 24.6 Å². The lowest BCUT2D eigenvalue weighted by Gasteiger charge is -2.33. The number of aryl methyl sites for hydroxylation is 2. The van der Waals surface area contributed by atoms with Crippen molar-refractivity contribution < 1.29 is 14.3 Å². The molecule has 3 rings (SSSR count). The van der Waals surface area contributed by atoms with E-state index < -0.39 is 11.6 Å². The molecule has 1 N–H and O–H groups in total. The van der Waals surface area contributed by atoms with E-state index in [-0.39, 0.29) is 11.5 Å². The van der Waals surface area contributed by atoms with Crippen LogP contribution < -0.4 is 5.32 Å². The van der Waals surface area contributed by atoms with Crippen LogP contribution in [-0.4, -0.2) is 17.5 Å². The summed E-state index contributed by atoms with van der Waals surface area (Å²) < 4.78 is 5.66. The van der Waals surface area contributed by atoms with Crippen molar-refractivity contribution in [1.82, 2.24) is 0 Å². The largest absolute Gasteiger partial charge is 0.451 e. The molecule has 0 saturated heterocycles. The van der Waals surface area contributed by atoms with Crippen LogP contribution in [0.4, 0.5) is 5.69 Å². The number of rotatable bonds is 2. The Bertz CT molecular complexity index is 676. The van der Waals surface area contributed by atoms with Gasteiger partial charge in [0.05, 0.1) is 0 Å². The molecule has 0 radical (unpaired) electrons. The van der Waals surface area contributed by atoms with E-state index in [4.69, 9.17) is 4.74 Å². The second-order valence-electron chi connectivity index (χ2n) is 6.67. The molecule has 1 aromatic carbocycles. The van der Waals surface area contributed by atoms with Crippen molar-refractivity contribution in [3.8, 4) is 0 Å². The standard InChI is InChI=1S/C19H23NO3/c1-12-8-7-9-13(2)16(12)20-17(21)15-14(3)19(23-18(15)22)10-5-4-6-11-19/h7-9H,4-6,10-11H2,1-3H3,(H,20,21). The topological polar surface area (TPSA) is 55.4 Å². The van der Waals surface area contributed by atoms with Gasteiger partial charge in [-0.05, 0) is 63.2 Å². The van der Waals surface area contributed by atoms with Gasteiger partial charge in [-0.3, -0.25) is 4.79 Å². The minimum atomic E-state index is -0.539. The van der Waals surface area contributed by atoms with E-state index in [1.54, 1.807) is 0 Å². The molecule has 0 aromatic heterocycles. The maximum absolute atomic E-state index is 12.7. The van der Waals surface area contributed by atoms with E-state index in [2.05, 4.69) is 5.32 Å². The van der Waals surface area contributed by atoms with Crippen molar-refractivity contribution in [2.45, 2.75) is 58.5 Å². The van der Waals surface area contributed by atoms with Gasteiger partial charge in [0, 0.05) is 5.69 Å². The fraction of sp³-hybridized carbons (Fsp3) is 0.474. The predicted octanol–water partition coefficient (Wildman–Crippen LogP) is 3.82. The summed E-state index contributed by atoms with van der Waals surface area (Å²) in [5, 5.41) is 2.91. The molecule has 1 saturated carbocycles. The van der Waals surface area contributed by atoms with Gasteiger partial charge in [0.15, 0.2) is 0 Å². The number of hydrogen-bond acceptors (Lipinski definition) is 3. The number of hydrogen-bond donors (Lipinski definition) is 1. The van der Waals surface area contributed by atoms with E-state index in [0.717, 1.165) is 54.5 Å². The molecule has 1 aromatic rings. The molecule has 0 atom stereocenters. The summed E-state index contributed by atoms with van der Waals surface area (Å²) in [6.07, 6.45) is 4.89. The van der Waals surface area contributed by atoms with Gasteiger partial charge in [0.2, 0.25) is 0 Å². The molecule has 4 heteroatoms. The van der Waals surface area contributed by atoms with Gasteiger partial charge >= 0.3 is 5.97 Å². The van der Waals surface area contributed by atoms with Crippen LogP contribution in [0.1, 0.15) is 50.2 Å². The minimum Gasteiger partial charge on any atom is -0.451 e. The van der Waals surface area contributed by atoms with Crippen LogP contribution in [0.3, 0.4) is 0 Å². The van der Waals surface area contributed by atoms with Gasteiger partial charge in [0.25, 0.3) is 5.91 Å². The Hall–Kier alpha value is -2.10. The van der Waals surface area contributed by atoms with Gasteiger partial charge in [-0.25, -0.2) is 4.79 Å². The third-order valence-electron chi connectivity index (χ3n) is 5.16. The quantitative estimate of drug-likeness (QED) is 0.667. The lowest BCUT2D eigenvalue weighted by Crippen LogP contribution is -2.33. The fourth-order valence-electron chi connectivity index (χ4n) is 3.74. The van der Waals surface area contributed by atoms with Crippen molar-refractivity contribution in [2.24, 2.45) is 0 Å². The van der Waals surface area contributed by atoms with Crippen molar-refractivity contribution >= 4 is 17.6 Å². The molecule has 122 valence electrons. The number of amides is 1. The van der Waals surface area contributed by atoms with Crippen LogP contribution in [0.5, 0.6) is 0 Å². The Morgan fingerprint density at radius 3 is 2.30 bits per heavy atom. The van der Waals surface area contributed by atoms with Crippen LogP contribution in [-0.2, 0) is 14.3 Å². The highest BCUT2D eigenvalue weighted by molar-refractivity contribution is 6.23. The summed E-state index contributed by atoms with van der Waals surface area (Å²) >= 11 is 0. The average molecular weight is 313 g/mol. The molecular formula is C19H23NO3. The molecule has 1 aliphatic heterocycles. The van der Waals surface area contributed by atoms with Gasteiger partial charge in [-0.15, -0.1) is 0 Å². The average Bonchev–Trinajstić information content (AvgIpc) is 2.74. The summed E-state index contributed by atoms with van der Waals surface area (Å²) in [6.45, 7) is 5.76. The molecule has 1 fully saturated rings. The fourth-order valence-corrected chi connectivity index (χ4v) is 3.74. The molecule has 0 unspecified atom stereocenters. The smallest absolute Gasteiger partial charge is 0.344 e. The lowest BCUT2D eigenvalue weighted by molar-refractivity contribution is -0.149. The molecule has 0 bridgehead atoms. The molecule has 2 aliphatic rings. The Labute approximate surface area is 136 Å². The summed E-state index contributed by atoms with van der Waals surface area (Å²) in [7, 11) is 0. The molecule has 1 spiro atoms. The zero-order valence-corrected chi connectivity index (χ0v) is 14.0. The number of carbonyl (C=O) groups is 2. The molecular weight excluding hydrogens is 290 g/mol. The van der Waals surface area contributed by atoms with Crippen molar-refractivity contribution in [2.75, 3.05) is 5.32 Å². The Morgan fingerprint density at radius 1 is 1.09 bits per heavy atom. The zero-order chi connectivity index (χ0) is 16.6. The van der Waals surface area contributed by atoms with Crippen molar-refractivity contribution in [3.63, 3.8) is 0 Å². The van der Waals surface area contributed by atoms with E-state index in [9.17, 15) is 9.59 Å². The van der Waals surface area contributed by atoms with Crippen LogP contribution >= 0.6 is 0 Å². The molecule has 4 nitrogen and oxygen atoms in total. The highest BCUT2D eigenvalue weighted by Crippen LogP contribution is 2.43. The number of ether oxygens (including phenoxy) is 1. The summed E-state index contributed by atoms with van der Waals surface area (Å²) in [4.78, 5) is 25.0. The second kappa shape index (κ2) is 5.84. The van der Waals surface area contributed by atoms with E-state index >= 15 is 0 Å². The third kappa shape index (κ3) is 2.67. The SMILES string of the molecule is CC1=C(C(=O)Nc2c(C)cccc2C)C(=O)OC12CCCCC2. The summed E-state index contributed by atoms with van der Waals surface area (Å²) in [6, 6.07) is 5.84. The zero-order valence-electron chi connectivity index (χ0n) is 14.0. The first-order valence-electron chi connectivity index (χ1n) is 8.27. The summed E-state index contributed by atoms with van der Waals surface area (Å²) in [5.41, 5.74) is 3.18. The van der Waals surface area contributed by atoms with Crippen LogP contribution in [0.2, 0.25) is 0 Å². The second-order valence-corrected chi connectivity index (χ2v) is 6.67. The number of nitrogens with one attached hydrogen (secondary N) is 1. The Morgan fingerprint density at radius 2 is 1.70 bits per heavy atom. The highest BCUT2D eigenvalue weighted by atomic mass is 16.6. The molecule has 1 aliphatic carbocycles. The highest BCUT2D eigenvalue weighted by Gasteiger charge is 2.47. The monoisotopic (exact) mass is 313 g/mol. The number of para-hydroxylation sites is 1. The van der Waals surface area contributed by atoms with Crippen LogP contribution in [0.15, 0.2) is 29.3 Å². The van der Waals surface area contributed by atoms with Gasteiger partial charge in [0.1, 0.15) is 11.2 Å². The van der Waals surface area contributed by atoms with Gasteiger partial charge in [-0.2, -0.15) is 0 Å². The Kier molecular flexibility index (Phi) is 4.00. The van der Waals surface area contributed by atoms with E-state index in [0.29, 0.717) is 0 Å². The normalized spacial score (nSPS) is 19.9. The first kappa shape index (κ1) is 15.8. The minimum absolute atomic E-state index is 0.189. The van der Waals surface area contributed by atoms with Crippen LogP contribution in [0.25, 0.3) is 0 Å². The van der Waals surface area contributed by atoms with Crippen molar-refractivity contribution in [1.29, 1.82) is 0 Å². The number of esters is 1. The summed E-state index contributed by atoms with van der Waals surface area (Å²) in [5.74, 6) is -0.833. The lowest BCUT2D eigenvalue weighted by atomic mass is 9.79. The predicted molar refractivity (Wildman–Crippen MR) is 89.2 cm³/mol. The maximum atomic E-state index is 12.7. The Balaban J connectivity index is 1.91. The molecule has 1 heterocycles. The first-order chi connectivity index (χ1) is 10.9. The molecule has 23 heavy (non-hydrogen) atoms. The maximum Gasteiger partial charge on any atom is 0.344 e. The van der Waals surface area contributed by atoms with Crippen molar-refractivity contribution in [3.05, 3.63) is 40.5 Å². The van der Waals surface area contributed by atoms with E-state index in [1.165, 1.54) is 0 Å². The first-order valence-corrected chi connectivity index (χ1v) is 8.27. The van der Waals surface area contributed by atoms with Gasteiger partial charge < -0.3 is 10.1 Å². The third-order valence-corrected chi connectivity index (χ3v) is 5.16. The van der Waals surface area contributed by atoms with E-state index in [1.807, 2.05) is 39.0 Å².